The number of hydrogen-bond acceptors (Lipinski definition) is 3. The average molecular weight is 499 g/mol. The molecular formula is C15H10F13NO3. The summed E-state index contributed by atoms with van der Waals surface area (Å²) < 4.78 is 175. The molecule has 0 heterocycles. The quantitative estimate of drug-likeness (QED) is 0.224. The fourth-order valence-electron chi connectivity index (χ4n) is 2.41. The number of ether oxygens (including phenoxy) is 1. The first-order valence-electron chi connectivity index (χ1n) is 7.82. The van der Waals surface area contributed by atoms with E-state index in [2.05, 4.69) is 4.74 Å². The number of nitrogens with zero attached hydrogens (tertiary/aromatic N) is 1. The predicted octanol–water partition coefficient (Wildman–Crippen LogP) is 6.41. The molecule has 0 N–H and O–H groups in total. The molecule has 1 unspecified atom stereocenters. The minimum Gasteiger partial charge on any atom is -0.376 e. The van der Waals surface area contributed by atoms with Crippen molar-refractivity contribution in [2.45, 2.75) is 48.3 Å². The fraction of sp³-hybridized carbons (Fsp3) is 0.600. The van der Waals surface area contributed by atoms with Gasteiger partial charge < -0.3 is 4.74 Å². The number of halogens is 13. The lowest BCUT2D eigenvalue weighted by atomic mass is 9.90. The van der Waals surface area contributed by atoms with E-state index in [4.69, 9.17) is 0 Å². The van der Waals surface area contributed by atoms with Crippen LogP contribution in [0.3, 0.4) is 0 Å². The maximum atomic E-state index is 14.0. The SMILES string of the molecule is COC(CC(F)(F)C(F)(F)C(F)(F)C(F)(F)C(F)(F)C(F)(F)F)c1ccccc1[N+](=O)[O-]. The molecule has 1 aromatic carbocycles. The van der Waals surface area contributed by atoms with E-state index in [0.29, 0.717) is 19.2 Å². The molecule has 1 rings (SSSR count). The first-order valence-corrected chi connectivity index (χ1v) is 7.82. The van der Waals surface area contributed by atoms with Crippen molar-refractivity contribution in [2.75, 3.05) is 7.11 Å². The van der Waals surface area contributed by atoms with Crippen molar-refractivity contribution in [2.24, 2.45) is 0 Å². The zero-order valence-corrected chi connectivity index (χ0v) is 15.2. The van der Waals surface area contributed by atoms with Crippen molar-refractivity contribution < 1.29 is 66.7 Å². The summed E-state index contributed by atoms with van der Waals surface area (Å²) >= 11 is 0. The van der Waals surface area contributed by atoms with Gasteiger partial charge in [0.15, 0.2) is 0 Å². The molecule has 0 saturated heterocycles. The van der Waals surface area contributed by atoms with Gasteiger partial charge in [-0.25, -0.2) is 0 Å². The van der Waals surface area contributed by atoms with Gasteiger partial charge in [-0.05, 0) is 6.07 Å². The highest BCUT2D eigenvalue weighted by molar-refractivity contribution is 5.41. The fourth-order valence-corrected chi connectivity index (χ4v) is 2.41. The molecule has 0 spiro atoms. The van der Waals surface area contributed by atoms with E-state index < -0.39 is 64.5 Å². The third-order valence-corrected chi connectivity index (χ3v) is 4.21. The summed E-state index contributed by atoms with van der Waals surface area (Å²) in [4.78, 5) is 9.67. The predicted molar refractivity (Wildman–Crippen MR) is 78.3 cm³/mol. The highest BCUT2D eigenvalue weighted by atomic mass is 19.4. The van der Waals surface area contributed by atoms with Gasteiger partial charge in [-0.15, -0.1) is 0 Å². The second-order valence-corrected chi connectivity index (χ2v) is 6.24. The maximum Gasteiger partial charge on any atom is 0.460 e. The molecule has 0 aromatic heterocycles. The van der Waals surface area contributed by atoms with E-state index in [1.807, 2.05) is 0 Å². The van der Waals surface area contributed by atoms with Crippen LogP contribution in [0.15, 0.2) is 24.3 Å². The lowest BCUT2D eigenvalue weighted by Gasteiger charge is -2.40. The molecule has 0 aliphatic heterocycles. The van der Waals surface area contributed by atoms with E-state index in [1.165, 1.54) is 0 Å². The van der Waals surface area contributed by atoms with E-state index >= 15 is 0 Å². The molecular weight excluding hydrogens is 489 g/mol. The zero-order valence-electron chi connectivity index (χ0n) is 15.2. The zero-order chi connectivity index (χ0) is 25.6. The molecule has 17 heteroatoms. The molecule has 0 aliphatic carbocycles. The molecule has 4 nitrogen and oxygen atoms in total. The average Bonchev–Trinajstić information content (AvgIpc) is 2.64. The summed E-state index contributed by atoms with van der Waals surface area (Å²) in [5.41, 5.74) is -1.98. The summed E-state index contributed by atoms with van der Waals surface area (Å²) in [6.07, 6.45) is -12.8. The van der Waals surface area contributed by atoms with Gasteiger partial charge in [0.2, 0.25) is 0 Å². The normalized spacial score (nSPS) is 15.6. The maximum absolute atomic E-state index is 14.0. The number of para-hydroxylation sites is 1. The van der Waals surface area contributed by atoms with Gasteiger partial charge in [0.05, 0.1) is 16.6 Å². The number of nitro benzene ring substituents is 1. The smallest absolute Gasteiger partial charge is 0.376 e. The van der Waals surface area contributed by atoms with Gasteiger partial charge in [-0.2, -0.15) is 57.1 Å². The summed E-state index contributed by atoms with van der Waals surface area (Å²) in [7, 11) is 0.472. The number of methoxy groups -OCH3 is 1. The van der Waals surface area contributed by atoms with Gasteiger partial charge in [-0.3, -0.25) is 10.1 Å². The Morgan fingerprint density at radius 2 is 1.25 bits per heavy atom. The van der Waals surface area contributed by atoms with Gasteiger partial charge in [0.25, 0.3) is 5.69 Å². The molecule has 0 aliphatic rings. The first kappa shape index (κ1) is 27.7. The monoisotopic (exact) mass is 499 g/mol. The number of alkyl halides is 13. The Labute approximate surface area is 169 Å². The lowest BCUT2D eigenvalue weighted by Crippen LogP contribution is -2.70. The summed E-state index contributed by atoms with van der Waals surface area (Å²) in [5, 5.41) is 10.9. The van der Waals surface area contributed by atoms with Crippen LogP contribution < -0.4 is 0 Å². The van der Waals surface area contributed by atoms with Crippen LogP contribution in [0, 0.1) is 10.1 Å². The van der Waals surface area contributed by atoms with Crippen molar-refractivity contribution in [1.82, 2.24) is 0 Å². The Balaban J connectivity index is 3.50. The Bertz CT molecular complexity index is 838. The summed E-state index contributed by atoms with van der Waals surface area (Å²) in [5.74, 6) is -37.7. The van der Waals surface area contributed by atoms with Crippen molar-refractivity contribution in [1.29, 1.82) is 0 Å². The topological polar surface area (TPSA) is 52.4 Å². The van der Waals surface area contributed by atoms with Gasteiger partial charge in [-0.1, -0.05) is 12.1 Å². The number of nitro groups is 1. The van der Waals surface area contributed by atoms with Crippen LogP contribution in [0.5, 0.6) is 0 Å². The molecule has 0 fully saturated rings. The van der Waals surface area contributed by atoms with Crippen LogP contribution in [-0.2, 0) is 4.74 Å². The van der Waals surface area contributed by atoms with Crippen LogP contribution in [0.1, 0.15) is 18.1 Å². The minimum absolute atomic E-state index is 0.472. The molecule has 1 atom stereocenters. The van der Waals surface area contributed by atoms with Crippen LogP contribution in [-0.4, -0.2) is 47.8 Å². The number of benzene rings is 1. The van der Waals surface area contributed by atoms with Crippen molar-refractivity contribution in [3.63, 3.8) is 0 Å². The van der Waals surface area contributed by atoms with Crippen molar-refractivity contribution >= 4 is 5.69 Å². The molecule has 32 heavy (non-hydrogen) atoms. The Kier molecular flexibility index (Phi) is 7.12. The van der Waals surface area contributed by atoms with E-state index in [9.17, 15) is 67.2 Å². The molecule has 0 amide bonds. The van der Waals surface area contributed by atoms with E-state index in [0.717, 1.165) is 12.1 Å². The Morgan fingerprint density at radius 1 is 0.812 bits per heavy atom. The third-order valence-electron chi connectivity index (χ3n) is 4.21. The highest BCUT2D eigenvalue weighted by Crippen LogP contribution is 2.61. The Morgan fingerprint density at radius 3 is 1.66 bits per heavy atom. The first-order chi connectivity index (χ1) is 14.1. The van der Waals surface area contributed by atoms with Gasteiger partial charge in [0.1, 0.15) is 0 Å². The summed E-state index contributed by atoms with van der Waals surface area (Å²) in [6.45, 7) is 0. The largest absolute Gasteiger partial charge is 0.460 e. The molecule has 0 radical (unpaired) electrons. The van der Waals surface area contributed by atoms with Crippen LogP contribution in [0.2, 0.25) is 0 Å². The van der Waals surface area contributed by atoms with Gasteiger partial charge in [0, 0.05) is 19.6 Å². The standard InChI is InChI=1S/C15H10F13NO3/c1-32-9(7-4-2-3-5-8(7)29(30)31)6-10(16,17)11(18,19)12(20,21)13(22,23)14(24,25)15(26,27)28/h2-5,9H,6H2,1H3. The summed E-state index contributed by atoms with van der Waals surface area (Å²) in [6, 6.07) is 3.18. The van der Waals surface area contributed by atoms with Gasteiger partial charge >= 0.3 is 35.8 Å². The third kappa shape index (κ3) is 4.17. The second-order valence-electron chi connectivity index (χ2n) is 6.24. The Hall–Kier alpha value is -2.33. The van der Waals surface area contributed by atoms with Crippen LogP contribution >= 0.6 is 0 Å². The molecule has 184 valence electrons. The highest BCUT2D eigenvalue weighted by Gasteiger charge is 2.90. The minimum atomic E-state index is -8.02. The van der Waals surface area contributed by atoms with Crippen molar-refractivity contribution in [3.05, 3.63) is 39.9 Å². The van der Waals surface area contributed by atoms with Crippen molar-refractivity contribution in [3.8, 4) is 0 Å². The van der Waals surface area contributed by atoms with E-state index in [1.54, 1.807) is 0 Å². The second kappa shape index (κ2) is 8.22. The molecule has 1 aromatic rings. The number of rotatable bonds is 9. The molecule has 0 bridgehead atoms. The molecule has 0 saturated carbocycles. The van der Waals surface area contributed by atoms with Crippen LogP contribution in [0.4, 0.5) is 62.8 Å². The van der Waals surface area contributed by atoms with Crippen LogP contribution in [0.25, 0.3) is 0 Å². The lowest BCUT2D eigenvalue weighted by molar-refractivity contribution is -0.441. The number of hydrogen-bond donors (Lipinski definition) is 0. The van der Waals surface area contributed by atoms with E-state index in [-0.39, 0.29) is 0 Å².